The van der Waals surface area contributed by atoms with Gasteiger partial charge in [0.15, 0.2) is 5.06 Å². The summed E-state index contributed by atoms with van der Waals surface area (Å²) in [6.07, 6.45) is 3.17. The minimum Gasteiger partial charge on any atom is -0.499 e. The highest BCUT2D eigenvalue weighted by Gasteiger charge is 2.18. The molecule has 5 rings (SSSR count). The molecule has 0 radical (unpaired) electrons. The van der Waals surface area contributed by atoms with Gasteiger partial charge in [-0.3, -0.25) is 0 Å². The summed E-state index contributed by atoms with van der Waals surface area (Å²) in [5.74, 6) is 0.247. The Morgan fingerprint density at radius 1 is 1.09 bits per heavy atom. The third-order valence-electron chi connectivity index (χ3n) is 5.47. The number of aromatic hydroxyl groups is 1. The highest BCUT2D eigenvalue weighted by molar-refractivity contribution is 7.13. The quantitative estimate of drug-likeness (QED) is 0.431. The molecule has 1 aromatic carbocycles. The fourth-order valence-electron chi connectivity index (χ4n) is 3.78. The Morgan fingerprint density at radius 2 is 1.91 bits per heavy atom. The lowest BCUT2D eigenvalue weighted by atomic mass is 10.0. The summed E-state index contributed by atoms with van der Waals surface area (Å²) in [4.78, 5) is 7.81. The third-order valence-corrected chi connectivity index (χ3v) is 6.33. The van der Waals surface area contributed by atoms with Crippen LogP contribution in [0.5, 0.6) is 10.9 Å². The fraction of sp³-hybridized carbons (Fsp3) is 0.200. The van der Waals surface area contributed by atoms with Crippen molar-refractivity contribution in [3.05, 3.63) is 71.5 Å². The maximum atomic E-state index is 9.89. The molecular formula is C25H21N3O4S. The van der Waals surface area contributed by atoms with Crippen LogP contribution >= 0.6 is 11.3 Å². The number of pyridine rings is 1. The van der Waals surface area contributed by atoms with Gasteiger partial charge in [0.05, 0.1) is 31.4 Å². The molecule has 1 saturated heterocycles. The van der Waals surface area contributed by atoms with Crippen LogP contribution in [0.4, 0.5) is 5.69 Å². The minimum absolute atomic E-state index is 0.206. The van der Waals surface area contributed by atoms with E-state index in [2.05, 4.69) is 28.1 Å². The Balaban J connectivity index is 1.51. The lowest BCUT2D eigenvalue weighted by Crippen LogP contribution is -2.36. The van der Waals surface area contributed by atoms with Crippen molar-refractivity contribution in [3.8, 4) is 39.4 Å². The second-order valence-electron chi connectivity index (χ2n) is 7.53. The van der Waals surface area contributed by atoms with Gasteiger partial charge in [-0.05, 0) is 36.4 Å². The van der Waals surface area contributed by atoms with Crippen LogP contribution in [0.3, 0.4) is 0 Å². The molecule has 1 N–H and O–H groups in total. The largest absolute Gasteiger partial charge is 0.499 e. The van der Waals surface area contributed by atoms with Crippen LogP contribution in [0.25, 0.3) is 22.4 Å². The van der Waals surface area contributed by atoms with Gasteiger partial charge in [-0.2, -0.15) is 5.26 Å². The van der Waals surface area contributed by atoms with Crippen LogP contribution in [0.15, 0.2) is 65.5 Å². The summed E-state index contributed by atoms with van der Waals surface area (Å²) in [5, 5.41) is 19.7. The Morgan fingerprint density at radius 3 is 2.58 bits per heavy atom. The van der Waals surface area contributed by atoms with Crippen molar-refractivity contribution in [2.24, 2.45) is 0 Å². The van der Waals surface area contributed by atoms with Crippen LogP contribution in [-0.4, -0.2) is 36.4 Å². The zero-order valence-corrected chi connectivity index (χ0v) is 18.5. The molecule has 0 spiro atoms. The molecule has 4 heterocycles. The molecule has 3 aromatic heterocycles. The fourth-order valence-corrected chi connectivity index (χ4v) is 4.43. The van der Waals surface area contributed by atoms with Gasteiger partial charge in [-0.25, -0.2) is 4.98 Å². The maximum Gasteiger partial charge on any atom is 0.233 e. The lowest BCUT2D eigenvalue weighted by Gasteiger charge is -2.28. The second kappa shape index (κ2) is 9.36. The van der Waals surface area contributed by atoms with E-state index in [-0.39, 0.29) is 17.6 Å². The molecule has 8 heteroatoms. The zero-order chi connectivity index (χ0) is 22.6. The summed E-state index contributed by atoms with van der Waals surface area (Å²) in [6, 6.07) is 17.5. The number of morpholine rings is 1. The molecule has 0 atom stereocenters. The van der Waals surface area contributed by atoms with Gasteiger partial charge in [-0.15, -0.1) is 11.3 Å². The first-order chi connectivity index (χ1) is 16.2. The third kappa shape index (κ3) is 4.55. The van der Waals surface area contributed by atoms with Gasteiger partial charge in [0, 0.05) is 40.3 Å². The number of anilines is 1. The van der Waals surface area contributed by atoms with Gasteiger partial charge >= 0.3 is 0 Å². The minimum atomic E-state index is 0.206. The molecule has 33 heavy (non-hydrogen) atoms. The number of benzene rings is 1. The molecule has 166 valence electrons. The summed E-state index contributed by atoms with van der Waals surface area (Å²) >= 11 is 1.23. The molecule has 1 aliphatic heterocycles. The molecule has 0 bridgehead atoms. The van der Waals surface area contributed by atoms with E-state index in [4.69, 9.17) is 13.9 Å². The van der Waals surface area contributed by atoms with E-state index in [0.29, 0.717) is 16.8 Å². The van der Waals surface area contributed by atoms with Crippen LogP contribution in [0, 0.1) is 11.3 Å². The normalized spacial score (nSPS) is 13.6. The van der Waals surface area contributed by atoms with E-state index in [0.717, 1.165) is 48.0 Å². The number of rotatable bonds is 6. The smallest absolute Gasteiger partial charge is 0.233 e. The number of thiophene rings is 1. The topological polar surface area (TPSA) is 91.8 Å². The zero-order valence-electron chi connectivity index (χ0n) is 17.7. The number of hydrogen-bond donors (Lipinski definition) is 1. The van der Waals surface area contributed by atoms with E-state index in [1.807, 2.05) is 24.3 Å². The van der Waals surface area contributed by atoms with Crippen molar-refractivity contribution in [1.29, 1.82) is 5.26 Å². The van der Waals surface area contributed by atoms with Crippen molar-refractivity contribution in [2.45, 2.75) is 6.61 Å². The van der Waals surface area contributed by atoms with E-state index in [1.165, 1.54) is 11.3 Å². The molecular weight excluding hydrogens is 438 g/mol. The second-order valence-corrected chi connectivity index (χ2v) is 8.68. The average molecular weight is 460 g/mol. The van der Waals surface area contributed by atoms with Gasteiger partial charge < -0.3 is 23.9 Å². The summed E-state index contributed by atoms with van der Waals surface area (Å²) in [6.45, 7) is 3.41. The van der Waals surface area contributed by atoms with Crippen LogP contribution in [0.2, 0.25) is 0 Å². The Labute approximate surface area is 195 Å². The Hall–Kier alpha value is -3.80. The van der Waals surface area contributed by atoms with Crippen LogP contribution < -0.4 is 9.64 Å². The SMILES string of the molecule is N#Cc1c(-c2ccoc2)cc(-c2ccc(N3CCOCC3)cc2)nc1OCc1ccc(O)s1. The standard InChI is InChI=1S/C25H21N3O4S/c26-14-22-21(18-7-10-31-15-18)13-23(27-25(22)32-16-20-5-6-24(29)33-20)17-1-3-19(4-2-17)28-8-11-30-12-9-28/h1-7,10,13,15,29H,8-9,11-12,16H2. The van der Waals surface area contributed by atoms with Crippen molar-refractivity contribution < 1.29 is 19.0 Å². The number of nitriles is 1. The molecule has 7 nitrogen and oxygen atoms in total. The number of nitrogens with zero attached hydrogens (tertiary/aromatic N) is 3. The van der Waals surface area contributed by atoms with E-state index in [1.54, 1.807) is 24.7 Å². The first-order valence-corrected chi connectivity index (χ1v) is 11.3. The summed E-state index contributed by atoms with van der Waals surface area (Å²) in [7, 11) is 0. The predicted octanol–water partition coefficient (Wildman–Crippen LogP) is 5.06. The van der Waals surface area contributed by atoms with Gasteiger partial charge in [0.1, 0.15) is 18.2 Å². The molecule has 1 aliphatic rings. The van der Waals surface area contributed by atoms with Gasteiger partial charge in [0.2, 0.25) is 5.88 Å². The first kappa shape index (κ1) is 21.1. The van der Waals surface area contributed by atoms with Gasteiger partial charge in [-0.1, -0.05) is 12.1 Å². The molecule has 0 aliphatic carbocycles. The maximum absolute atomic E-state index is 9.89. The molecule has 4 aromatic rings. The highest BCUT2D eigenvalue weighted by Crippen LogP contribution is 2.35. The molecule has 0 unspecified atom stereocenters. The van der Waals surface area contributed by atoms with E-state index >= 15 is 0 Å². The number of hydrogen-bond acceptors (Lipinski definition) is 8. The Bertz CT molecular complexity index is 1270. The monoisotopic (exact) mass is 459 g/mol. The predicted molar refractivity (Wildman–Crippen MR) is 125 cm³/mol. The Kier molecular flexibility index (Phi) is 5.98. The van der Waals surface area contributed by atoms with E-state index in [9.17, 15) is 10.4 Å². The highest BCUT2D eigenvalue weighted by atomic mass is 32.1. The molecule has 0 amide bonds. The van der Waals surface area contributed by atoms with Crippen LogP contribution in [0.1, 0.15) is 10.4 Å². The van der Waals surface area contributed by atoms with E-state index < -0.39 is 0 Å². The molecule has 1 fully saturated rings. The summed E-state index contributed by atoms with van der Waals surface area (Å²) < 4.78 is 16.7. The van der Waals surface area contributed by atoms with Crippen molar-refractivity contribution >= 4 is 17.0 Å². The average Bonchev–Trinajstić information content (AvgIpc) is 3.55. The first-order valence-electron chi connectivity index (χ1n) is 10.5. The number of ether oxygens (including phenoxy) is 2. The van der Waals surface area contributed by atoms with Gasteiger partial charge in [0.25, 0.3) is 0 Å². The van der Waals surface area contributed by atoms with Crippen molar-refractivity contribution in [2.75, 3.05) is 31.2 Å². The lowest BCUT2D eigenvalue weighted by molar-refractivity contribution is 0.122. The van der Waals surface area contributed by atoms with Crippen molar-refractivity contribution in [3.63, 3.8) is 0 Å². The molecule has 0 saturated carbocycles. The van der Waals surface area contributed by atoms with Crippen molar-refractivity contribution in [1.82, 2.24) is 4.98 Å². The number of furan rings is 1. The summed E-state index contributed by atoms with van der Waals surface area (Å²) in [5.41, 5.74) is 4.56. The number of aromatic nitrogens is 1. The van der Waals surface area contributed by atoms with Crippen LogP contribution in [-0.2, 0) is 11.3 Å².